The first-order valence-electron chi connectivity index (χ1n) is 7.16. The Balaban J connectivity index is 2.36. The van der Waals surface area contributed by atoms with Gasteiger partial charge in [-0.3, -0.25) is 0 Å². The largest absolute Gasteiger partial charge is 0.388 e. The summed E-state index contributed by atoms with van der Waals surface area (Å²) < 4.78 is 13.8. The van der Waals surface area contributed by atoms with Crippen molar-refractivity contribution in [2.45, 2.75) is 40.2 Å². The minimum absolute atomic E-state index is 0.150. The van der Waals surface area contributed by atoms with Crippen molar-refractivity contribution < 1.29 is 9.50 Å². The Morgan fingerprint density at radius 3 is 2.25 bits per heavy atom. The molecule has 0 fully saturated rings. The van der Waals surface area contributed by atoms with Gasteiger partial charge in [0.1, 0.15) is 5.82 Å². The molecule has 0 spiro atoms. The molecule has 0 aliphatic carbocycles. The highest BCUT2D eigenvalue weighted by Gasteiger charge is 2.24. The molecule has 1 N–H and O–H groups in total. The van der Waals surface area contributed by atoms with Crippen molar-refractivity contribution in [1.82, 2.24) is 0 Å². The van der Waals surface area contributed by atoms with Crippen LogP contribution in [0.25, 0.3) is 10.8 Å². The zero-order chi connectivity index (χ0) is 14.9. The summed E-state index contributed by atoms with van der Waals surface area (Å²) in [6, 6.07) is 10.5. The molecule has 0 amide bonds. The highest BCUT2D eigenvalue weighted by molar-refractivity contribution is 5.86. The average molecular weight is 274 g/mol. The zero-order valence-electron chi connectivity index (χ0n) is 12.7. The molecule has 0 saturated heterocycles. The SMILES string of the molecule is CC(CC(O)c1ccc(F)c2ccccc12)C(C)(C)C. The van der Waals surface area contributed by atoms with E-state index in [1.807, 2.05) is 18.2 Å². The molecule has 0 heterocycles. The van der Waals surface area contributed by atoms with Crippen LogP contribution in [0, 0.1) is 17.2 Å². The van der Waals surface area contributed by atoms with Crippen molar-refractivity contribution >= 4 is 10.8 Å². The van der Waals surface area contributed by atoms with Crippen LogP contribution in [0.5, 0.6) is 0 Å². The number of hydrogen-bond donors (Lipinski definition) is 1. The summed E-state index contributed by atoms with van der Waals surface area (Å²) in [7, 11) is 0. The van der Waals surface area contributed by atoms with E-state index in [0.29, 0.717) is 17.7 Å². The van der Waals surface area contributed by atoms with E-state index in [9.17, 15) is 9.50 Å². The van der Waals surface area contributed by atoms with Gasteiger partial charge in [0, 0.05) is 5.39 Å². The lowest BCUT2D eigenvalue weighted by Crippen LogP contribution is -2.19. The van der Waals surface area contributed by atoms with E-state index in [2.05, 4.69) is 27.7 Å². The van der Waals surface area contributed by atoms with E-state index in [1.54, 1.807) is 12.1 Å². The van der Waals surface area contributed by atoms with Crippen LogP contribution in [0.1, 0.15) is 45.8 Å². The average Bonchev–Trinajstić information content (AvgIpc) is 2.38. The number of fused-ring (bicyclic) bond motifs is 1. The summed E-state index contributed by atoms with van der Waals surface area (Å²) >= 11 is 0. The van der Waals surface area contributed by atoms with E-state index in [4.69, 9.17) is 0 Å². The van der Waals surface area contributed by atoms with Crippen LogP contribution in [0.3, 0.4) is 0 Å². The van der Waals surface area contributed by atoms with E-state index < -0.39 is 6.10 Å². The van der Waals surface area contributed by atoms with Crippen LogP contribution in [-0.2, 0) is 0 Å². The highest BCUT2D eigenvalue weighted by Crippen LogP contribution is 2.35. The van der Waals surface area contributed by atoms with Gasteiger partial charge in [0.2, 0.25) is 0 Å². The summed E-state index contributed by atoms with van der Waals surface area (Å²) in [4.78, 5) is 0. The van der Waals surface area contributed by atoms with Crippen LogP contribution < -0.4 is 0 Å². The Kier molecular flexibility index (Phi) is 4.14. The molecule has 2 rings (SSSR count). The lowest BCUT2D eigenvalue weighted by atomic mass is 9.78. The molecular formula is C18H23FO. The molecule has 0 aliphatic rings. The van der Waals surface area contributed by atoms with Gasteiger partial charge < -0.3 is 5.11 Å². The summed E-state index contributed by atoms with van der Waals surface area (Å²) in [5.74, 6) is 0.140. The molecule has 2 atom stereocenters. The van der Waals surface area contributed by atoms with Crippen molar-refractivity contribution in [3.63, 3.8) is 0 Å². The zero-order valence-corrected chi connectivity index (χ0v) is 12.7. The molecule has 0 bridgehead atoms. The molecule has 108 valence electrons. The summed E-state index contributed by atoms with van der Waals surface area (Å²) in [6.07, 6.45) is 0.119. The maximum Gasteiger partial charge on any atom is 0.131 e. The molecule has 0 radical (unpaired) electrons. The number of benzene rings is 2. The number of hydrogen-bond acceptors (Lipinski definition) is 1. The number of halogens is 1. The van der Waals surface area contributed by atoms with Crippen LogP contribution in [-0.4, -0.2) is 5.11 Å². The first-order chi connectivity index (χ1) is 9.30. The minimum atomic E-state index is -0.560. The topological polar surface area (TPSA) is 20.2 Å². The number of aliphatic hydroxyl groups excluding tert-OH is 1. The molecule has 2 aromatic rings. The predicted octanol–water partition coefficient (Wildman–Crippen LogP) is 5.08. The Morgan fingerprint density at radius 1 is 1.05 bits per heavy atom. The second kappa shape index (κ2) is 5.53. The Labute approximate surface area is 120 Å². The van der Waals surface area contributed by atoms with E-state index >= 15 is 0 Å². The van der Waals surface area contributed by atoms with Crippen LogP contribution in [0.4, 0.5) is 4.39 Å². The molecule has 1 nitrogen and oxygen atoms in total. The van der Waals surface area contributed by atoms with Gasteiger partial charge in [-0.2, -0.15) is 0 Å². The summed E-state index contributed by atoms with van der Waals surface area (Å²) in [6.45, 7) is 8.67. The summed E-state index contributed by atoms with van der Waals surface area (Å²) in [5, 5.41) is 11.9. The Morgan fingerprint density at radius 2 is 1.65 bits per heavy atom. The summed E-state index contributed by atoms with van der Waals surface area (Å²) in [5.41, 5.74) is 0.967. The maximum atomic E-state index is 13.8. The molecule has 20 heavy (non-hydrogen) atoms. The predicted molar refractivity (Wildman–Crippen MR) is 82.1 cm³/mol. The number of rotatable bonds is 3. The van der Waals surface area contributed by atoms with E-state index in [0.717, 1.165) is 10.9 Å². The first kappa shape index (κ1) is 15.0. The second-order valence-corrected chi connectivity index (χ2v) is 6.70. The van der Waals surface area contributed by atoms with Gasteiger partial charge in [-0.1, -0.05) is 58.0 Å². The van der Waals surface area contributed by atoms with Gasteiger partial charge in [-0.05, 0) is 34.8 Å². The first-order valence-corrected chi connectivity index (χ1v) is 7.16. The van der Waals surface area contributed by atoms with Gasteiger partial charge in [-0.15, -0.1) is 0 Å². The third-order valence-electron chi connectivity index (χ3n) is 4.32. The maximum absolute atomic E-state index is 13.8. The molecule has 2 heteroatoms. The molecule has 0 saturated carbocycles. The fourth-order valence-corrected chi connectivity index (χ4v) is 2.39. The van der Waals surface area contributed by atoms with Gasteiger partial charge in [0.05, 0.1) is 6.10 Å². The monoisotopic (exact) mass is 274 g/mol. The van der Waals surface area contributed by atoms with Crippen molar-refractivity contribution in [2.75, 3.05) is 0 Å². The second-order valence-electron chi connectivity index (χ2n) is 6.70. The Hall–Kier alpha value is -1.41. The van der Waals surface area contributed by atoms with Crippen LogP contribution in [0.2, 0.25) is 0 Å². The fraction of sp³-hybridized carbons (Fsp3) is 0.444. The van der Waals surface area contributed by atoms with Crippen molar-refractivity contribution in [3.05, 3.63) is 47.8 Å². The third-order valence-corrected chi connectivity index (χ3v) is 4.32. The van der Waals surface area contributed by atoms with Crippen molar-refractivity contribution in [1.29, 1.82) is 0 Å². The lowest BCUT2D eigenvalue weighted by Gasteiger charge is -2.29. The van der Waals surface area contributed by atoms with Gasteiger partial charge in [0.15, 0.2) is 0 Å². The van der Waals surface area contributed by atoms with E-state index in [1.165, 1.54) is 6.07 Å². The lowest BCUT2D eigenvalue weighted by molar-refractivity contribution is 0.112. The van der Waals surface area contributed by atoms with Gasteiger partial charge in [0.25, 0.3) is 0 Å². The van der Waals surface area contributed by atoms with Gasteiger partial charge >= 0.3 is 0 Å². The molecule has 0 aliphatic heterocycles. The molecule has 2 unspecified atom stereocenters. The highest BCUT2D eigenvalue weighted by atomic mass is 19.1. The van der Waals surface area contributed by atoms with Crippen LogP contribution in [0.15, 0.2) is 36.4 Å². The van der Waals surface area contributed by atoms with Crippen molar-refractivity contribution in [3.8, 4) is 0 Å². The quantitative estimate of drug-likeness (QED) is 0.827. The van der Waals surface area contributed by atoms with Gasteiger partial charge in [-0.25, -0.2) is 4.39 Å². The minimum Gasteiger partial charge on any atom is -0.388 e. The molecular weight excluding hydrogens is 251 g/mol. The third kappa shape index (κ3) is 3.01. The fourth-order valence-electron chi connectivity index (χ4n) is 2.39. The van der Waals surface area contributed by atoms with Crippen LogP contribution >= 0.6 is 0 Å². The molecule has 0 aromatic heterocycles. The van der Waals surface area contributed by atoms with Crippen molar-refractivity contribution in [2.24, 2.45) is 11.3 Å². The smallest absolute Gasteiger partial charge is 0.131 e. The Bertz CT molecular complexity index is 598. The normalized spacial score (nSPS) is 15.3. The molecule has 2 aromatic carbocycles. The number of aliphatic hydroxyl groups is 1. The van der Waals surface area contributed by atoms with E-state index in [-0.39, 0.29) is 11.2 Å². The standard InChI is InChI=1S/C18H23FO/c1-12(18(2,3)4)11-17(20)15-9-10-16(19)14-8-6-5-7-13(14)15/h5-10,12,17,20H,11H2,1-4H3.